The Bertz CT molecular complexity index is 1550. The Balaban J connectivity index is 0.000000252. The van der Waals surface area contributed by atoms with E-state index in [-0.39, 0.29) is 5.91 Å². The van der Waals surface area contributed by atoms with Gasteiger partial charge in [0, 0.05) is 17.8 Å². The molecule has 0 bridgehead atoms. The van der Waals surface area contributed by atoms with E-state index in [0.717, 1.165) is 21.5 Å². The summed E-state index contributed by atoms with van der Waals surface area (Å²) in [4.78, 5) is 48.7. The number of halogens is 3. The number of nitrogens with two attached hydrogens (primary N) is 2. The van der Waals surface area contributed by atoms with Crippen molar-refractivity contribution in [2.24, 2.45) is 11.5 Å². The van der Waals surface area contributed by atoms with E-state index >= 15 is 0 Å². The number of carbonyl (C=O) groups is 4. The molecule has 0 saturated heterocycles. The van der Waals surface area contributed by atoms with Crippen molar-refractivity contribution in [3.8, 4) is 5.75 Å². The number of para-hydroxylation sites is 1. The number of aliphatic carboxylic acids is 2. The van der Waals surface area contributed by atoms with Gasteiger partial charge >= 0.3 is 18.1 Å². The van der Waals surface area contributed by atoms with Crippen LogP contribution in [0.4, 0.5) is 18.9 Å². The Labute approximate surface area is 240 Å². The second kappa shape index (κ2) is 15.1. The van der Waals surface area contributed by atoms with Crippen molar-refractivity contribution in [1.29, 1.82) is 0 Å². The molecule has 4 aromatic rings. The highest BCUT2D eigenvalue weighted by Gasteiger charge is 2.38. The highest BCUT2D eigenvalue weighted by molar-refractivity contribution is 7.20. The van der Waals surface area contributed by atoms with E-state index in [1.807, 2.05) is 18.2 Å². The molecule has 0 unspecified atom stereocenters. The summed E-state index contributed by atoms with van der Waals surface area (Å²) in [5, 5.41) is 16.5. The summed E-state index contributed by atoms with van der Waals surface area (Å²) in [6.07, 6.45) is -5.08. The zero-order valence-corrected chi connectivity index (χ0v) is 22.7. The van der Waals surface area contributed by atoms with Crippen LogP contribution in [0.3, 0.4) is 0 Å². The van der Waals surface area contributed by atoms with Crippen molar-refractivity contribution in [3.05, 3.63) is 88.9 Å². The maximum atomic E-state index is 12.6. The lowest BCUT2D eigenvalue weighted by Crippen LogP contribution is -2.35. The van der Waals surface area contributed by atoms with E-state index in [1.165, 1.54) is 16.2 Å². The second-order valence-corrected chi connectivity index (χ2v) is 9.08. The van der Waals surface area contributed by atoms with Crippen LogP contribution in [0, 0.1) is 0 Å². The number of methoxy groups -OCH3 is 1. The van der Waals surface area contributed by atoms with Crippen LogP contribution in [0.5, 0.6) is 5.75 Å². The second-order valence-electron chi connectivity index (χ2n) is 8.04. The van der Waals surface area contributed by atoms with Gasteiger partial charge in [0.25, 0.3) is 11.8 Å². The number of primary amides is 1. The lowest BCUT2D eigenvalue weighted by Gasteiger charge is -2.21. The van der Waals surface area contributed by atoms with Crippen molar-refractivity contribution < 1.29 is 47.3 Å². The first-order valence-electron chi connectivity index (χ1n) is 11.7. The van der Waals surface area contributed by atoms with E-state index in [4.69, 9.17) is 31.2 Å². The fourth-order valence-electron chi connectivity index (χ4n) is 3.15. The molecule has 4 rings (SSSR count). The number of carboxylic acid groups (broad SMARTS) is 2. The highest BCUT2D eigenvalue weighted by atomic mass is 32.1. The van der Waals surface area contributed by atoms with Crippen LogP contribution in [0.15, 0.2) is 72.8 Å². The number of thiazole rings is 1. The van der Waals surface area contributed by atoms with Crippen molar-refractivity contribution in [2.45, 2.75) is 12.7 Å². The van der Waals surface area contributed by atoms with Gasteiger partial charge in [0.2, 0.25) is 0 Å². The first-order chi connectivity index (χ1) is 19.8. The monoisotopic (exact) mass is 606 g/mol. The Hall–Kier alpha value is -5.02. The molecular formula is C27H25F3N4O7S. The predicted molar refractivity (Wildman–Crippen MR) is 148 cm³/mol. The van der Waals surface area contributed by atoms with Crippen molar-refractivity contribution in [1.82, 2.24) is 4.98 Å². The third kappa shape index (κ3) is 9.87. The van der Waals surface area contributed by atoms with Crippen LogP contribution in [-0.4, -0.2) is 58.8 Å². The summed E-state index contributed by atoms with van der Waals surface area (Å²) in [6, 6.07) is 21.0. The van der Waals surface area contributed by atoms with Gasteiger partial charge in [-0.2, -0.15) is 13.2 Å². The fraction of sp³-hybridized carbons (Fsp3) is 0.148. The molecule has 11 nitrogen and oxygen atoms in total. The van der Waals surface area contributed by atoms with Gasteiger partial charge in [0.05, 0.1) is 17.3 Å². The van der Waals surface area contributed by atoms with E-state index < -0.39 is 30.6 Å². The molecule has 0 aliphatic carbocycles. The molecule has 15 heteroatoms. The number of alkyl halides is 3. The average Bonchev–Trinajstić information content (AvgIpc) is 3.40. The predicted octanol–water partition coefficient (Wildman–Crippen LogP) is 3.91. The number of ether oxygens (including phenoxy) is 1. The molecular weight excluding hydrogens is 581 g/mol. The van der Waals surface area contributed by atoms with Gasteiger partial charge in [0.1, 0.15) is 12.3 Å². The number of nitrogens with zero attached hydrogens (tertiary/aromatic N) is 2. The minimum Gasteiger partial charge on any atom is -0.497 e. The number of amides is 2. The van der Waals surface area contributed by atoms with Crippen LogP contribution in [0.2, 0.25) is 0 Å². The molecule has 0 saturated carbocycles. The highest BCUT2D eigenvalue weighted by Crippen LogP contribution is 2.26. The van der Waals surface area contributed by atoms with Gasteiger partial charge < -0.3 is 26.4 Å². The van der Waals surface area contributed by atoms with Gasteiger partial charge in [-0.3, -0.25) is 19.3 Å². The first-order valence-corrected chi connectivity index (χ1v) is 12.5. The summed E-state index contributed by atoms with van der Waals surface area (Å²) in [5.41, 5.74) is 13.2. The molecule has 0 radical (unpaired) electrons. The van der Waals surface area contributed by atoms with Gasteiger partial charge in [-0.15, -0.1) is 11.3 Å². The van der Waals surface area contributed by atoms with Crippen molar-refractivity contribution >= 4 is 51.0 Å². The fourth-order valence-corrected chi connectivity index (χ4v) is 3.99. The lowest BCUT2D eigenvalue weighted by atomic mass is 10.1. The van der Waals surface area contributed by atoms with Gasteiger partial charge in [-0.1, -0.05) is 30.3 Å². The third-order valence-corrected chi connectivity index (χ3v) is 6.10. The molecule has 42 heavy (non-hydrogen) atoms. The quantitative estimate of drug-likeness (QED) is 0.242. The summed E-state index contributed by atoms with van der Waals surface area (Å²) in [5.74, 6) is -3.93. The van der Waals surface area contributed by atoms with Crippen molar-refractivity contribution in [3.63, 3.8) is 0 Å². The molecule has 1 aromatic heterocycles. The number of fused-ring (bicyclic) bond motifs is 1. The first kappa shape index (κ1) is 33.2. The van der Waals surface area contributed by atoms with Crippen LogP contribution in [-0.2, 0) is 16.1 Å². The van der Waals surface area contributed by atoms with Crippen LogP contribution < -0.4 is 21.1 Å². The Kier molecular flexibility index (Phi) is 11.9. The number of carboxylic acids is 2. The zero-order valence-electron chi connectivity index (χ0n) is 21.9. The number of hydrogen-bond donors (Lipinski definition) is 4. The van der Waals surface area contributed by atoms with Gasteiger partial charge in [-0.25, -0.2) is 9.78 Å². The number of anilines is 1. The lowest BCUT2D eigenvalue weighted by molar-refractivity contribution is -0.192. The minimum absolute atomic E-state index is 0.325. The molecule has 222 valence electrons. The number of carbonyl (C=O) groups excluding carboxylic acids is 2. The summed E-state index contributed by atoms with van der Waals surface area (Å²) < 4.78 is 37.7. The number of aromatic nitrogens is 1. The Morgan fingerprint density at radius 3 is 2.14 bits per heavy atom. The summed E-state index contributed by atoms with van der Waals surface area (Å²) >= 11 is 1.27. The Morgan fingerprint density at radius 1 is 0.976 bits per heavy atom. The molecule has 2 amide bonds. The minimum atomic E-state index is -5.08. The van der Waals surface area contributed by atoms with E-state index in [0.29, 0.717) is 22.8 Å². The van der Waals surface area contributed by atoms with E-state index in [1.54, 1.807) is 61.7 Å². The average molecular weight is 607 g/mol. The maximum Gasteiger partial charge on any atom is 0.490 e. The summed E-state index contributed by atoms with van der Waals surface area (Å²) in [6.45, 7) is -0.0684. The van der Waals surface area contributed by atoms with Gasteiger partial charge in [-0.05, 0) is 48.0 Å². The van der Waals surface area contributed by atoms with Crippen molar-refractivity contribution in [2.75, 3.05) is 18.6 Å². The normalized spacial score (nSPS) is 10.4. The molecule has 0 aliphatic heterocycles. The molecule has 0 atom stereocenters. The van der Waals surface area contributed by atoms with Crippen LogP contribution in [0.25, 0.3) is 10.2 Å². The van der Waals surface area contributed by atoms with Gasteiger partial charge in [0.15, 0.2) is 5.01 Å². The third-order valence-electron chi connectivity index (χ3n) is 5.06. The molecule has 0 aliphatic rings. The van der Waals surface area contributed by atoms with Crippen LogP contribution >= 0.6 is 11.3 Å². The molecule has 0 spiro atoms. The number of hydrogen-bond acceptors (Lipinski definition) is 8. The van der Waals surface area contributed by atoms with E-state index in [9.17, 15) is 27.6 Å². The zero-order chi connectivity index (χ0) is 31.4. The number of benzene rings is 3. The Morgan fingerprint density at radius 2 is 1.62 bits per heavy atom. The molecule has 1 heterocycles. The SMILES string of the molecule is COc1ccc2nc(C(N)=O)sc2c1.NCc1cccc(C(=O)N(CC(=O)O)c2ccccc2)c1.O=C(O)C(F)(F)F. The maximum absolute atomic E-state index is 12.6. The van der Waals surface area contributed by atoms with E-state index in [2.05, 4.69) is 4.98 Å². The molecule has 3 aromatic carbocycles. The smallest absolute Gasteiger partial charge is 0.490 e. The standard InChI is InChI=1S/C16H16N2O3.C9H8N2O2S.C2HF3O2/c17-10-12-5-4-6-13(9-12)16(21)18(11-15(19)20)14-7-2-1-3-8-14;1-13-5-2-3-6-7(4-5)14-9(11-6)8(10)12;3-2(4,5)1(6)7/h1-9H,10-11,17H2,(H,19,20);2-4H,1H3,(H2,10,12);(H,6,7). The molecule has 0 fully saturated rings. The molecule has 6 N–H and O–H groups in total. The topological polar surface area (TPSA) is 186 Å². The largest absolute Gasteiger partial charge is 0.497 e. The summed E-state index contributed by atoms with van der Waals surface area (Å²) in [7, 11) is 1.59. The number of rotatable bonds is 7. The van der Waals surface area contributed by atoms with Crippen LogP contribution in [0.1, 0.15) is 25.7 Å².